The van der Waals surface area contributed by atoms with Gasteiger partial charge in [0.15, 0.2) is 0 Å². The first-order valence-corrected chi connectivity index (χ1v) is 11.9. The molecule has 0 atom stereocenters. The maximum Gasteiger partial charge on any atom is 0.248 e. The molecule has 0 bridgehead atoms. The number of fused-ring (bicyclic) bond motifs is 1. The van der Waals surface area contributed by atoms with E-state index >= 15 is 0 Å². The lowest BCUT2D eigenvalue weighted by Gasteiger charge is -2.40. The van der Waals surface area contributed by atoms with Gasteiger partial charge in [0.1, 0.15) is 0 Å². The van der Waals surface area contributed by atoms with Crippen molar-refractivity contribution in [2.24, 2.45) is 4.99 Å². The van der Waals surface area contributed by atoms with Crippen molar-refractivity contribution in [2.75, 3.05) is 0 Å². The van der Waals surface area contributed by atoms with Crippen molar-refractivity contribution in [3.63, 3.8) is 0 Å². The van der Waals surface area contributed by atoms with E-state index in [1.54, 1.807) is 0 Å². The number of hydrogen-bond donors (Lipinski definition) is 0. The Bertz CT molecular complexity index is 1280. The fourth-order valence-electron chi connectivity index (χ4n) is 4.18. The summed E-state index contributed by atoms with van der Waals surface area (Å²) in [6, 6.07) is 14.8. The molecule has 2 aromatic carbocycles. The second-order valence-electron chi connectivity index (χ2n) is 11.2. The van der Waals surface area contributed by atoms with Gasteiger partial charge in [-0.15, -0.1) is 10.2 Å². The van der Waals surface area contributed by atoms with Crippen molar-refractivity contribution in [1.82, 2.24) is 10.2 Å². The van der Waals surface area contributed by atoms with Gasteiger partial charge >= 0.3 is 0 Å². The SMILES string of the molecule is C/C1=C\C=C/C=NC(C)(C)C(C)(C)c2ccc(-c3nnc(-c4ccc(C(C)(C)C)cc4)o3)cc21. The van der Waals surface area contributed by atoms with Crippen LogP contribution in [0.2, 0.25) is 0 Å². The van der Waals surface area contributed by atoms with E-state index in [9.17, 15) is 0 Å². The molecule has 0 radical (unpaired) electrons. The minimum atomic E-state index is -0.276. The number of hydrogen-bond acceptors (Lipinski definition) is 4. The maximum atomic E-state index is 6.12. The van der Waals surface area contributed by atoms with Crippen molar-refractivity contribution in [3.05, 3.63) is 77.4 Å². The Hall–Kier alpha value is -3.27. The largest absolute Gasteiger partial charge is 0.416 e. The molecule has 34 heavy (non-hydrogen) atoms. The topological polar surface area (TPSA) is 51.3 Å². The fraction of sp³-hybridized carbons (Fsp3) is 0.367. The van der Waals surface area contributed by atoms with Crippen molar-refractivity contribution in [3.8, 4) is 22.9 Å². The van der Waals surface area contributed by atoms with Crippen LogP contribution in [0.5, 0.6) is 0 Å². The summed E-state index contributed by atoms with van der Waals surface area (Å²) in [7, 11) is 0. The summed E-state index contributed by atoms with van der Waals surface area (Å²) in [5, 5.41) is 8.71. The molecule has 3 aromatic rings. The molecule has 1 aliphatic rings. The number of allylic oxidation sites excluding steroid dienone is 4. The van der Waals surface area contributed by atoms with Gasteiger partial charge in [0.25, 0.3) is 0 Å². The molecule has 0 saturated carbocycles. The van der Waals surface area contributed by atoms with Gasteiger partial charge in [-0.3, -0.25) is 4.99 Å². The predicted octanol–water partition coefficient (Wildman–Crippen LogP) is 7.80. The van der Waals surface area contributed by atoms with Gasteiger partial charge in [-0.2, -0.15) is 0 Å². The lowest BCUT2D eigenvalue weighted by molar-refractivity contribution is 0.310. The van der Waals surface area contributed by atoms with Crippen LogP contribution in [0.3, 0.4) is 0 Å². The van der Waals surface area contributed by atoms with Crippen LogP contribution in [0.15, 0.2) is 70.1 Å². The Balaban J connectivity index is 1.75. The minimum absolute atomic E-state index is 0.103. The van der Waals surface area contributed by atoms with Gasteiger partial charge in [0, 0.05) is 22.8 Å². The molecule has 1 aromatic heterocycles. The average Bonchev–Trinajstić information content (AvgIpc) is 3.27. The molecule has 4 heteroatoms. The van der Waals surface area contributed by atoms with Crippen LogP contribution >= 0.6 is 0 Å². The third kappa shape index (κ3) is 4.42. The highest BCUT2D eigenvalue weighted by Crippen LogP contribution is 2.42. The quantitative estimate of drug-likeness (QED) is 0.398. The van der Waals surface area contributed by atoms with Crippen LogP contribution in [0.4, 0.5) is 0 Å². The number of nitrogens with zero attached hydrogens (tertiary/aromatic N) is 3. The summed E-state index contributed by atoms with van der Waals surface area (Å²) < 4.78 is 6.12. The van der Waals surface area contributed by atoms with Gasteiger partial charge in [-0.1, -0.05) is 65.0 Å². The van der Waals surface area contributed by atoms with E-state index < -0.39 is 0 Å². The Labute approximate surface area is 203 Å². The molecule has 4 rings (SSSR count). The van der Waals surface area contributed by atoms with Gasteiger partial charge in [0.2, 0.25) is 11.8 Å². The first-order chi connectivity index (χ1) is 15.9. The first kappa shape index (κ1) is 23.9. The molecule has 0 unspecified atom stereocenters. The standard InChI is InChI=1S/C30H35N3O/c1-20-11-9-10-18-31-30(7,8)29(5,6)25-17-14-22(19-24(20)25)27-33-32-26(34-27)21-12-15-23(16-13-21)28(2,3)4/h9-19H,1-8H3/b10-9-,20-11+,31-18?. The molecule has 0 N–H and O–H groups in total. The summed E-state index contributed by atoms with van der Waals surface area (Å²) in [6.45, 7) is 17.6. The zero-order chi connectivity index (χ0) is 24.7. The lowest BCUT2D eigenvalue weighted by atomic mass is 9.67. The zero-order valence-electron chi connectivity index (χ0n) is 21.6. The molecule has 0 spiro atoms. The molecular formula is C30H35N3O. The van der Waals surface area contributed by atoms with E-state index in [1.165, 1.54) is 22.3 Å². The Morgan fingerprint density at radius 1 is 0.794 bits per heavy atom. The molecule has 0 amide bonds. The molecular weight excluding hydrogens is 418 g/mol. The highest BCUT2D eigenvalue weighted by atomic mass is 16.4. The van der Waals surface area contributed by atoms with Gasteiger partial charge in [0.05, 0.1) is 5.54 Å². The molecule has 0 fully saturated rings. The molecule has 1 aliphatic heterocycles. The number of rotatable bonds is 2. The number of benzene rings is 2. The summed E-state index contributed by atoms with van der Waals surface area (Å²) in [4.78, 5) is 4.85. The fourth-order valence-corrected chi connectivity index (χ4v) is 4.18. The zero-order valence-corrected chi connectivity index (χ0v) is 21.6. The highest BCUT2D eigenvalue weighted by molar-refractivity contribution is 5.77. The highest BCUT2D eigenvalue weighted by Gasteiger charge is 2.39. The van der Waals surface area contributed by atoms with Crippen LogP contribution in [0, 0.1) is 0 Å². The number of aromatic nitrogens is 2. The van der Waals surface area contributed by atoms with Gasteiger partial charge in [-0.25, -0.2) is 0 Å². The predicted molar refractivity (Wildman–Crippen MR) is 142 cm³/mol. The monoisotopic (exact) mass is 453 g/mol. The summed E-state index contributed by atoms with van der Waals surface area (Å²) >= 11 is 0. The van der Waals surface area contributed by atoms with Crippen molar-refractivity contribution in [1.29, 1.82) is 0 Å². The maximum absolute atomic E-state index is 6.12. The van der Waals surface area contributed by atoms with Gasteiger partial charge < -0.3 is 4.42 Å². The number of aliphatic imine (C=N–C) groups is 1. The van der Waals surface area contributed by atoms with Crippen LogP contribution < -0.4 is 0 Å². The molecule has 2 heterocycles. The summed E-state index contributed by atoms with van der Waals surface area (Å²) in [5.74, 6) is 1.05. The van der Waals surface area contributed by atoms with E-state index in [4.69, 9.17) is 9.41 Å². The average molecular weight is 454 g/mol. The van der Waals surface area contributed by atoms with E-state index in [1.807, 2.05) is 18.4 Å². The Morgan fingerprint density at radius 3 is 2.06 bits per heavy atom. The second kappa shape index (κ2) is 8.50. The van der Waals surface area contributed by atoms with Crippen molar-refractivity contribution in [2.45, 2.75) is 71.8 Å². The third-order valence-corrected chi connectivity index (χ3v) is 7.26. The van der Waals surface area contributed by atoms with Crippen LogP contribution in [0.1, 0.15) is 72.1 Å². The lowest BCUT2D eigenvalue weighted by Crippen LogP contribution is -2.42. The minimum Gasteiger partial charge on any atom is -0.416 e. The second-order valence-corrected chi connectivity index (χ2v) is 11.2. The Morgan fingerprint density at radius 2 is 1.41 bits per heavy atom. The normalized spacial score (nSPS) is 19.7. The summed E-state index contributed by atoms with van der Waals surface area (Å²) in [6.07, 6.45) is 8.05. The van der Waals surface area contributed by atoms with Crippen LogP contribution in [-0.2, 0) is 10.8 Å². The van der Waals surface area contributed by atoms with Crippen molar-refractivity contribution < 1.29 is 4.42 Å². The smallest absolute Gasteiger partial charge is 0.248 e. The van der Waals surface area contributed by atoms with Crippen LogP contribution in [-0.4, -0.2) is 22.0 Å². The Kier molecular flexibility index (Phi) is 5.97. The van der Waals surface area contributed by atoms with E-state index in [2.05, 4.69) is 114 Å². The van der Waals surface area contributed by atoms with Crippen LogP contribution in [0.25, 0.3) is 28.5 Å². The van der Waals surface area contributed by atoms with E-state index in [0.29, 0.717) is 11.8 Å². The van der Waals surface area contributed by atoms with E-state index in [0.717, 1.165) is 11.1 Å². The third-order valence-electron chi connectivity index (χ3n) is 7.26. The molecule has 0 aliphatic carbocycles. The molecule has 0 saturated heterocycles. The van der Waals surface area contributed by atoms with Crippen molar-refractivity contribution >= 4 is 11.8 Å². The van der Waals surface area contributed by atoms with Gasteiger partial charge in [-0.05, 0) is 78.8 Å². The summed E-state index contributed by atoms with van der Waals surface area (Å²) in [5.41, 5.74) is 6.36. The molecule has 176 valence electrons. The molecule has 4 nitrogen and oxygen atoms in total. The van der Waals surface area contributed by atoms with E-state index in [-0.39, 0.29) is 16.4 Å². The first-order valence-electron chi connectivity index (χ1n) is 11.9.